The molecule has 0 saturated heterocycles. The zero-order valence-electron chi connectivity index (χ0n) is 12.7. The molecule has 2 aromatic rings. The van der Waals surface area contributed by atoms with E-state index in [0.717, 1.165) is 16.3 Å². The Balaban J connectivity index is 2.23. The van der Waals surface area contributed by atoms with Crippen molar-refractivity contribution < 1.29 is 13.2 Å². The Morgan fingerprint density at radius 2 is 1.86 bits per heavy atom. The lowest BCUT2D eigenvalue weighted by molar-refractivity contribution is -0.118. The second kappa shape index (κ2) is 6.68. The summed E-state index contributed by atoms with van der Waals surface area (Å²) >= 11 is 1.44. The first-order chi connectivity index (χ1) is 10.3. The van der Waals surface area contributed by atoms with Gasteiger partial charge < -0.3 is 0 Å². The average Bonchev–Trinajstić information content (AvgIpc) is 2.95. The van der Waals surface area contributed by atoms with Gasteiger partial charge in [0.1, 0.15) is 10.8 Å². The van der Waals surface area contributed by atoms with E-state index < -0.39 is 10.0 Å². The molecule has 0 unspecified atom stereocenters. The van der Waals surface area contributed by atoms with Crippen LogP contribution in [0.2, 0.25) is 0 Å². The molecule has 1 heterocycles. The van der Waals surface area contributed by atoms with Gasteiger partial charge in [0.25, 0.3) is 0 Å². The predicted molar refractivity (Wildman–Crippen MR) is 87.4 cm³/mol. The number of Topliss-reactive ketones (excluding diaryl/α,β-unsaturated/α-hetero) is 1. The third kappa shape index (κ3) is 3.60. The first-order valence-electron chi connectivity index (χ1n) is 6.83. The maximum atomic E-state index is 12.0. The number of hydrogen-bond acceptors (Lipinski definition) is 5. The summed E-state index contributed by atoms with van der Waals surface area (Å²) in [5.41, 5.74) is 1.60. The van der Waals surface area contributed by atoms with Crippen LogP contribution in [0.25, 0.3) is 11.3 Å². The number of hydrogen-bond donors (Lipinski definition) is 0. The van der Waals surface area contributed by atoms with E-state index in [1.54, 1.807) is 24.3 Å². The van der Waals surface area contributed by atoms with E-state index in [-0.39, 0.29) is 10.7 Å². The summed E-state index contributed by atoms with van der Waals surface area (Å²) in [6, 6.07) is 6.61. The number of nitrogens with zero attached hydrogens (tertiary/aromatic N) is 2. The molecule has 1 aromatic carbocycles. The molecule has 22 heavy (non-hydrogen) atoms. The van der Waals surface area contributed by atoms with Crippen LogP contribution in [-0.2, 0) is 21.2 Å². The maximum Gasteiger partial charge on any atom is 0.242 e. The minimum atomic E-state index is -3.42. The number of carbonyl (C=O) groups excluding carboxylic acids is 1. The highest BCUT2D eigenvalue weighted by Crippen LogP contribution is 2.24. The van der Waals surface area contributed by atoms with Crippen LogP contribution in [0, 0.1) is 0 Å². The van der Waals surface area contributed by atoms with E-state index in [0.29, 0.717) is 12.8 Å². The van der Waals surface area contributed by atoms with Crippen molar-refractivity contribution in [2.45, 2.75) is 24.7 Å². The Bertz CT molecular complexity index is 762. The van der Waals surface area contributed by atoms with Gasteiger partial charge in [-0.15, -0.1) is 11.3 Å². The number of thiazole rings is 1. The van der Waals surface area contributed by atoms with Crippen LogP contribution in [-0.4, -0.2) is 37.6 Å². The largest absolute Gasteiger partial charge is 0.299 e. The Morgan fingerprint density at radius 1 is 1.23 bits per heavy atom. The van der Waals surface area contributed by atoms with Gasteiger partial charge in [0.2, 0.25) is 10.0 Å². The summed E-state index contributed by atoms with van der Waals surface area (Å²) in [4.78, 5) is 16.1. The lowest BCUT2D eigenvalue weighted by Gasteiger charge is -2.11. The van der Waals surface area contributed by atoms with E-state index >= 15 is 0 Å². The van der Waals surface area contributed by atoms with E-state index in [1.165, 1.54) is 29.7 Å². The lowest BCUT2D eigenvalue weighted by atomic mass is 10.2. The molecule has 0 fully saturated rings. The molecule has 1 aromatic heterocycles. The summed E-state index contributed by atoms with van der Waals surface area (Å²) in [5.74, 6) is 0.160. The summed E-state index contributed by atoms with van der Waals surface area (Å²) in [6.45, 7) is 1.83. The number of benzene rings is 1. The number of aromatic nitrogens is 1. The molecule has 0 aliphatic heterocycles. The van der Waals surface area contributed by atoms with Gasteiger partial charge in [-0.3, -0.25) is 4.79 Å². The molecular weight excluding hydrogens is 320 g/mol. The van der Waals surface area contributed by atoms with Gasteiger partial charge in [0.15, 0.2) is 0 Å². The highest BCUT2D eigenvalue weighted by Gasteiger charge is 2.17. The minimum absolute atomic E-state index is 0.160. The molecule has 0 amide bonds. The fourth-order valence-corrected chi connectivity index (χ4v) is 3.56. The molecule has 0 aliphatic rings. The van der Waals surface area contributed by atoms with Crippen LogP contribution in [0.1, 0.15) is 18.4 Å². The monoisotopic (exact) mass is 338 g/mol. The van der Waals surface area contributed by atoms with Crippen molar-refractivity contribution in [3.8, 4) is 11.3 Å². The van der Waals surface area contributed by atoms with Gasteiger partial charge in [-0.1, -0.05) is 19.1 Å². The smallest absolute Gasteiger partial charge is 0.242 e. The van der Waals surface area contributed by atoms with Gasteiger partial charge in [-0.25, -0.2) is 17.7 Å². The van der Waals surface area contributed by atoms with Crippen LogP contribution < -0.4 is 0 Å². The summed E-state index contributed by atoms with van der Waals surface area (Å²) in [7, 11) is -0.418. The quantitative estimate of drug-likeness (QED) is 0.812. The topological polar surface area (TPSA) is 67.3 Å². The standard InChI is InChI=1S/C15H18N2O3S2/c1-4-12(18)9-15-16-14(10-21-15)11-5-7-13(8-6-11)22(19,20)17(2)3/h5-8,10H,4,9H2,1-3H3. The zero-order valence-corrected chi connectivity index (χ0v) is 14.4. The van der Waals surface area contributed by atoms with Crippen molar-refractivity contribution in [1.82, 2.24) is 9.29 Å². The SMILES string of the molecule is CCC(=O)Cc1nc(-c2ccc(S(=O)(=O)N(C)C)cc2)cs1. The number of ketones is 1. The predicted octanol–water partition coefficient (Wildman–Crippen LogP) is 2.58. The average molecular weight is 338 g/mol. The molecule has 0 spiro atoms. The summed E-state index contributed by atoms with van der Waals surface area (Å²) < 4.78 is 25.2. The van der Waals surface area contributed by atoms with Crippen molar-refractivity contribution in [3.63, 3.8) is 0 Å². The fourth-order valence-electron chi connectivity index (χ4n) is 1.83. The molecule has 2 rings (SSSR count). The maximum absolute atomic E-state index is 12.0. The molecule has 0 N–H and O–H groups in total. The molecule has 0 bridgehead atoms. The molecule has 5 nitrogen and oxygen atoms in total. The van der Waals surface area contributed by atoms with Gasteiger partial charge >= 0.3 is 0 Å². The molecule has 0 radical (unpaired) electrons. The highest BCUT2D eigenvalue weighted by atomic mass is 32.2. The van der Waals surface area contributed by atoms with Gasteiger partial charge in [0.05, 0.1) is 17.0 Å². The Morgan fingerprint density at radius 3 is 2.41 bits per heavy atom. The third-order valence-electron chi connectivity index (χ3n) is 3.22. The summed E-state index contributed by atoms with van der Waals surface area (Å²) in [6.07, 6.45) is 0.861. The Hall–Kier alpha value is -1.57. The van der Waals surface area contributed by atoms with E-state index in [9.17, 15) is 13.2 Å². The van der Waals surface area contributed by atoms with Crippen LogP contribution in [0.4, 0.5) is 0 Å². The summed E-state index contributed by atoms with van der Waals surface area (Å²) in [5, 5.41) is 2.67. The zero-order chi connectivity index (χ0) is 16.3. The van der Waals surface area contributed by atoms with Crippen molar-refractivity contribution in [2.75, 3.05) is 14.1 Å². The van der Waals surface area contributed by atoms with Gasteiger partial charge in [0, 0.05) is 31.5 Å². The molecule has 0 aliphatic carbocycles. The second-order valence-corrected chi connectivity index (χ2v) is 8.10. The first kappa shape index (κ1) is 16.8. The number of rotatable bonds is 6. The van der Waals surface area contributed by atoms with Crippen molar-refractivity contribution in [1.29, 1.82) is 0 Å². The minimum Gasteiger partial charge on any atom is -0.299 e. The Kier molecular flexibility index (Phi) is 5.10. The fraction of sp³-hybridized carbons (Fsp3) is 0.333. The lowest BCUT2D eigenvalue weighted by Crippen LogP contribution is -2.22. The molecule has 0 saturated carbocycles. The molecular formula is C15H18N2O3S2. The van der Waals surface area contributed by atoms with Crippen LogP contribution in [0.3, 0.4) is 0 Å². The van der Waals surface area contributed by atoms with Crippen LogP contribution in [0.5, 0.6) is 0 Å². The number of sulfonamides is 1. The number of carbonyl (C=O) groups is 1. The Labute approximate surface area is 134 Å². The first-order valence-corrected chi connectivity index (χ1v) is 9.15. The normalized spacial score (nSPS) is 11.8. The van der Waals surface area contributed by atoms with Crippen molar-refractivity contribution in [2.24, 2.45) is 0 Å². The molecule has 118 valence electrons. The highest BCUT2D eigenvalue weighted by molar-refractivity contribution is 7.89. The van der Waals surface area contributed by atoms with Gasteiger partial charge in [-0.2, -0.15) is 0 Å². The van der Waals surface area contributed by atoms with Crippen molar-refractivity contribution >= 4 is 27.1 Å². The van der Waals surface area contributed by atoms with Crippen LogP contribution in [0.15, 0.2) is 34.5 Å². The third-order valence-corrected chi connectivity index (χ3v) is 5.90. The second-order valence-electron chi connectivity index (χ2n) is 5.01. The molecule has 0 atom stereocenters. The van der Waals surface area contributed by atoms with Crippen LogP contribution >= 0.6 is 11.3 Å². The van der Waals surface area contributed by atoms with Crippen molar-refractivity contribution in [3.05, 3.63) is 34.7 Å². The van der Waals surface area contributed by atoms with E-state index in [2.05, 4.69) is 4.98 Å². The van der Waals surface area contributed by atoms with E-state index in [1.807, 2.05) is 12.3 Å². The molecule has 7 heteroatoms. The van der Waals surface area contributed by atoms with E-state index in [4.69, 9.17) is 0 Å². The van der Waals surface area contributed by atoms with Gasteiger partial charge in [-0.05, 0) is 12.1 Å².